The zero-order valence-electron chi connectivity index (χ0n) is 16.5. The van der Waals surface area contributed by atoms with Crippen molar-refractivity contribution in [3.63, 3.8) is 0 Å². The number of esters is 2. The minimum Gasteiger partial charge on any atom is -0.497 e. The van der Waals surface area contributed by atoms with Crippen molar-refractivity contribution in [3.8, 4) is 11.5 Å². The highest BCUT2D eigenvalue weighted by Gasteiger charge is 2.37. The van der Waals surface area contributed by atoms with Gasteiger partial charge in [0.2, 0.25) is 0 Å². The first kappa shape index (κ1) is 20.0. The summed E-state index contributed by atoms with van der Waals surface area (Å²) in [6.45, 7) is 0. The summed E-state index contributed by atoms with van der Waals surface area (Å²) in [5.41, 5.74) is 1.34. The number of methoxy groups -OCH3 is 4. The van der Waals surface area contributed by atoms with Crippen LogP contribution in [0.15, 0.2) is 60.0 Å². The van der Waals surface area contributed by atoms with Crippen LogP contribution >= 0.6 is 0 Å². The van der Waals surface area contributed by atoms with Gasteiger partial charge in [-0.25, -0.2) is 9.59 Å². The van der Waals surface area contributed by atoms with Gasteiger partial charge in [0.25, 0.3) is 0 Å². The molecule has 2 aromatic carbocycles. The van der Waals surface area contributed by atoms with E-state index in [9.17, 15) is 9.59 Å². The smallest absolute Gasteiger partial charge is 0.348 e. The van der Waals surface area contributed by atoms with Crippen molar-refractivity contribution in [2.24, 2.45) is 0 Å². The summed E-state index contributed by atoms with van der Waals surface area (Å²) in [6, 6.07) is 13.6. The third kappa shape index (κ3) is 3.80. The molecule has 3 rings (SSSR count). The van der Waals surface area contributed by atoms with Crippen LogP contribution in [0.1, 0.15) is 11.1 Å². The number of carbonyl (C=O) groups excluding carboxylic acids is 2. The molecule has 2 aromatic rings. The molecule has 0 N–H and O–H groups in total. The lowest BCUT2D eigenvalue weighted by Crippen LogP contribution is -2.09. The van der Waals surface area contributed by atoms with Gasteiger partial charge in [-0.3, -0.25) is 0 Å². The van der Waals surface area contributed by atoms with E-state index in [0.29, 0.717) is 22.6 Å². The van der Waals surface area contributed by atoms with Crippen LogP contribution in [-0.2, 0) is 23.8 Å². The molecule has 0 spiro atoms. The van der Waals surface area contributed by atoms with Crippen molar-refractivity contribution >= 4 is 23.1 Å². The predicted octanol–water partition coefficient (Wildman–Crippen LogP) is 3.20. The molecule has 0 saturated carbocycles. The van der Waals surface area contributed by atoms with Gasteiger partial charge < -0.3 is 23.7 Å². The van der Waals surface area contributed by atoms with E-state index in [2.05, 4.69) is 0 Å². The Balaban J connectivity index is 2.19. The van der Waals surface area contributed by atoms with E-state index in [1.54, 1.807) is 62.8 Å². The molecule has 0 amide bonds. The first-order valence-corrected chi connectivity index (χ1v) is 8.66. The summed E-state index contributed by atoms with van der Waals surface area (Å²) in [5.74, 6) is 0.119. The Bertz CT molecular complexity index is 983. The van der Waals surface area contributed by atoms with Crippen molar-refractivity contribution in [1.82, 2.24) is 0 Å². The molecule has 150 valence electrons. The molecule has 0 fully saturated rings. The molecule has 0 aliphatic carbocycles. The maximum absolute atomic E-state index is 12.7. The average Bonchev–Trinajstić information content (AvgIpc) is 3.09. The molecule has 7 heteroatoms. The zero-order valence-corrected chi connectivity index (χ0v) is 16.5. The molecular weight excluding hydrogens is 376 g/mol. The SMILES string of the molecule is COC(=O)/C(=C1/OC(=O)C(c2ccc(OC)cc2)=C1OC)c1ccc(OC)cc1. The lowest BCUT2D eigenvalue weighted by Gasteiger charge is -2.11. The minimum atomic E-state index is -0.663. The summed E-state index contributed by atoms with van der Waals surface area (Å²) >= 11 is 0. The Kier molecular flexibility index (Phi) is 5.87. The molecule has 0 radical (unpaired) electrons. The summed E-state index contributed by atoms with van der Waals surface area (Å²) in [4.78, 5) is 25.2. The Hall–Kier alpha value is -3.74. The van der Waals surface area contributed by atoms with Gasteiger partial charge >= 0.3 is 11.9 Å². The number of ether oxygens (including phenoxy) is 5. The number of cyclic esters (lactones) is 1. The highest BCUT2D eigenvalue weighted by atomic mass is 16.6. The largest absolute Gasteiger partial charge is 0.497 e. The average molecular weight is 396 g/mol. The highest BCUT2D eigenvalue weighted by molar-refractivity contribution is 6.25. The summed E-state index contributed by atoms with van der Waals surface area (Å²) in [7, 11) is 5.75. The highest BCUT2D eigenvalue weighted by Crippen LogP contribution is 2.38. The van der Waals surface area contributed by atoms with Crippen molar-refractivity contribution in [3.05, 3.63) is 71.2 Å². The Morgan fingerprint density at radius 3 is 1.83 bits per heavy atom. The molecule has 1 aliphatic rings. The molecule has 1 heterocycles. The molecule has 0 atom stereocenters. The van der Waals surface area contributed by atoms with E-state index >= 15 is 0 Å². The third-order valence-corrected chi connectivity index (χ3v) is 4.41. The van der Waals surface area contributed by atoms with Crippen LogP contribution in [0.2, 0.25) is 0 Å². The maximum Gasteiger partial charge on any atom is 0.348 e. The first-order chi connectivity index (χ1) is 14.0. The fraction of sp³-hybridized carbons (Fsp3) is 0.182. The molecule has 0 aromatic heterocycles. The number of hydrogen-bond acceptors (Lipinski definition) is 7. The fourth-order valence-corrected chi connectivity index (χ4v) is 2.96. The van der Waals surface area contributed by atoms with Gasteiger partial charge in [0.15, 0.2) is 11.5 Å². The van der Waals surface area contributed by atoms with E-state index < -0.39 is 11.9 Å². The zero-order chi connectivity index (χ0) is 21.0. The van der Waals surface area contributed by atoms with E-state index in [-0.39, 0.29) is 22.7 Å². The Morgan fingerprint density at radius 2 is 1.34 bits per heavy atom. The van der Waals surface area contributed by atoms with Gasteiger partial charge in [-0.1, -0.05) is 24.3 Å². The third-order valence-electron chi connectivity index (χ3n) is 4.41. The lowest BCUT2D eigenvalue weighted by atomic mass is 10.0. The molecule has 0 unspecified atom stereocenters. The lowest BCUT2D eigenvalue weighted by molar-refractivity contribution is -0.134. The van der Waals surface area contributed by atoms with Crippen molar-refractivity contribution in [2.75, 3.05) is 28.4 Å². The monoisotopic (exact) mass is 396 g/mol. The van der Waals surface area contributed by atoms with Gasteiger partial charge in [0.1, 0.15) is 22.6 Å². The van der Waals surface area contributed by atoms with Gasteiger partial charge in [-0.05, 0) is 35.4 Å². The minimum absolute atomic E-state index is 0.000310. The normalized spacial score (nSPS) is 15.0. The van der Waals surface area contributed by atoms with Crippen LogP contribution in [0.25, 0.3) is 11.1 Å². The molecular formula is C22H20O7. The van der Waals surface area contributed by atoms with Crippen molar-refractivity contribution in [2.45, 2.75) is 0 Å². The van der Waals surface area contributed by atoms with Crippen LogP contribution in [0.3, 0.4) is 0 Å². The standard InChI is InChI=1S/C22H20O7/c1-25-15-9-5-13(6-10-15)17-19(27-3)20(29-22(17)24)18(21(23)28-4)14-7-11-16(26-2)12-8-14/h5-12H,1-4H3/b20-18+. The molecule has 29 heavy (non-hydrogen) atoms. The molecule has 1 aliphatic heterocycles. The van der Waals surface area contributed by atoms with Crippen LogP contribution in [0.5, 0.6) is 11.5 Å². The first-order valence-electron chi connectivity index (χ1n) is 8.66. The van der Waals surface area contributed by atoms with Crippen molar-refractivity contribution in [1.29, 1.82) is 0 Å². The quantitative estimate of drug-likeness (QED) is 0.548. The molecule has 0 saturated heterocycles. The van der Waals surface area contributed by atoms with Crippen LogP contribution in [-0.4, -0.2) is 40.4 Å². The van der Waals surface area contributed by atoms with Gasteiger partial charge in [-0.2, -0.15) is 0 Å². The maximum atomic E-state index is 12.7. The van der Waals surface area contributed by atoms with Crippen molar-refractivity contribution < 1.29 is 33.3 Å². The second kappa shape index (κ2) is 8.52. The van der Waals surface area contributed by atoms with Gasteiger partial charge in [-0.15, -0.1) is 0 Å². The van der Waals surface area contributed by atoms with Gasteiger partial charge in [0, 0.05) is 0 Å². The summed E-state index contributed by atoms with van der Waals surface area (Å²) < 4.78 is 26.2. The predicted molar refractivity (Wildman–Crippen MR) is 105 cm³/mol. The topological polar surface area (TPSA) is 80.3 Å². The fourth-order valence-electron chi connectivity index (χ4n) is 2.96. The second-order valence-electron chi connectivity index (χ2n) is 5.95. The van der Waals surface area contributed by atoms with E-state index in [0.717, 1.165) is 0 Å². The number of benzene rings is 2. The van der Waals surface area contributed by atoms with Gasteiger partial charge in [0.05, 0.1) is 28.4 Å². The summed E-state index contributed by atoms with van der Waals surface area (Å²) in [6.07, 6.45) is 0. The summed E-state index contributed by atoms with van der Waals surface area (Å²) in [5, 5.41) is 0. The van der Waals surface area contributed by atoms with E-state index in [1.807, 2.05) is 0 Å². The molecule has 0 bridgehead atoms. The van der Waals surface area contributed by atoms with Crippen LogP contribution in [0.4, 0.5) is 0 Å². The van der Waals surface area contributed by atoms with Crippen LogP contribution in [0, 0.1) is 0 Å². The Labute approximate surface area is 168 Å². The Morgan fingerprint density at radius 1 is 0.793 bits per heavy atom. The van der Waals surface area contributed by atoms with Crippen LogP contribution < -0.4 is 9.47 Å². The number of rotatable bonds is 6. The van der Waals surface area contributed by atoms with E-state index in [4.69, 9.17) is 23.7 Å². The number of carbonyl (C=O) groups is 2. The second-order valence-corrected chi connectivity index (χ2v) is 5.95. The molecule has 7 nitrogen and oxygen atoms in total. The van der Waals surface area contributed by atoms with E-state index in [1.165, 1.54) is 14.2 Å². The number of hydrogen-bond donors (Lipinski definition) is 0.